The van der Waals surface area contributed by atoms with Crippen LogP contribution in [0, 0.1) is 6.92 Å². The molecule has 0 spiro atoms. The van der Waals surface area contributed by atoms with Gasteiger partial charge in [-0.2, -0.15) is 17.5 Å². The highest BCUT2D eigenvalue weighted by molar-refractivity contribution is 7.89. The minimum atomic E-state index is -4.74. The second-order valence-electron chi connectivity index (χ2n) is 11.5. The van der Waals surface area contributed by atoms with Crippen molar-refractivity contribution >= 4 is 21.8 Å². The predicted molar refractivity (Wildman–Crippen MR) is 151 cm³/mol. The number of hydrogen-bond acceptors (Lipinski definition) is 5. The van der Waals surface area contributed by atoms with Crippen LogP contribution in [0.15, 0.2) is 41.3 Å². The summed E-state index contributed by atoms with van der Waals surface area (Å²) < 4.78 is 68.3. The fraction of sp³-hybridized carbons (Fsp3) is 0.533. The Labute approximate surface area is 244 Å². The maximum atomic E-state index is 13.5. The maximum absolute atomic E-state index is 13.5. The van der Waals surface area contributed by atoms with Crippen molar-refractivity contribution in [2.24, 2.45) is 0 Å². The van der Waals surface area contributed by atoms with Gasteiger partial charge in [-0.15, -0.1) is 0 Å². The van der Waals surface area contributed by atoms with Gasteiger partial charge in [0.05, 0.1) is 22.9 Å². The van der Waals surface area contributed by atoms with E-state index in [-0.39, 0.29) is 24.7 Å². The number of aryl methyl sites for hydroxylation is 2. The first-order valence-electron chi connectivity index (χ1n) is 14.5. The Morgan fingerprint density at radius 2 is 1.81 bits per heavy atom. The third-order valence-electron chi connectivity index (χ3n) is 8.49. The van der Waals surface area contributed by atoms with Gasteiger partial charge in [-0.25, -0.2) is 8.42 Å². The molecule has 2 aliphatic heterocycles. The van der Waals surface area contributed by atoms with Crippen LogP contribution in [0.5, 0.6) is 0 Å². The quantitative estimate of drug-likeness (QED) is 0.495. The van der Waals surface area contributed by atoms with E-state index in [0.717, 1.165) is 54.5 Å². The molecule has 228 valence electrons. The van der Waals surface area contributed by atoms with Crippen LogP contribution in [-0.2, 0) is 38.8 Å². The summed E-state index contributed by atoms with van der Waals surface area (Å²) in [5, 5.41) is 5.58. The maximum Gasteiger partial charge on any atom is 0.416 e. The molecule has 0 radical (unpaired) electrons. The van der Waals surface area contributed by atoms with Gasteiger partial charge in [0.1, 0.15) is 6.04 Å². The average Bonchev–Trinajstić information content (AvgIpc) is 2.94. The van der Waals surface area contributed by atoms with Crippen molar-refractivity contribution < 1.29 is 31.2 Å². The van der Waals surface area contributed by atoms with Gasteiger partial charge >= 0.3 is 6.18 Å². The van der Waals surface area contributed by atoms with E-state index >= 15 is 0 Å². The average molecular weight is 607 g/mol. The molecule has 12 heteroatoms. The minimum Gasteiger partial charge on any atom is -0.353 e. The van der Waals surface area contributed by atoms with Gasteiger partial charge in [0.2, 0.25) is 21.8 Å². The molecule has 1 aliphatic carbocycles. The van der Waals surface area contributed by atoms with E-state index in [9.17, 15) is 31.2 Å². The van der Waals surface area contributed by atoms with Gasteiger partial charge < -0.3 is 10.6 Å². The summed E-state index contributed by atoms with van der Waals surface area (Å²) in [6.45, 7) is 4.18. The molecule has 2 amide bonds. The number of carbonyl (C=O) groups is 2. The van der Waals surface area contributed by atoms with Crippen LogP contribution in [0.25, 0.3) is 0 Å². The Bertz CT molecular complexity index is 1440. The van der Waals surface area contributed by atoms with E-state index < -0.39 is 50.9 Å². The lowest BCUT2D eigenvalue weighted by Crippen LogP contribution is -2.58. The number of piperidine rings is 1. The van der Waals surface area contributed by atoms with E-state index in [4.69, 9.17) is 0 Å². The number of halogens is 3. The summed E-state index contributed by atoms with van der Waals surface area (Å²) in [5.41, 5.74) is 2.27. The number of fused-ring (bicyclic) bond motifs is 1. The van der Waals surface area contributed by atoms with Crippen LogP contribution in [0.3, 0.4) is 0 Å². The Kier molecular flexibility index (Phi) is 8.96. The molecular formula is C30H37F3N4O4S. The number of hydrogen-bond donors (Lipinski definition) is 2. The summed E-state index contributed by atoms with van der Waals surface area (Å²) in [6, 6.07) is 7.50. The molecule has 3 aliphatic rings. The minimum absolute atomic E-state index is 0.00999. The van der Waals surface area contributed by atoms with E-state index in [1.807, 2.05) is 0 Å². The van der Waals surface area contributed by atoms with Crippen LogP contribution in [0.1, 0.15) is 72.4 Å². The van der Waals surface area contributed by atoms with Crippen LogP contribution in [0.4, 0.5) is 13.2 Å². The zero-order valence-corrected chi connectivity index (χ0v) is 24.5. The summed E-state index contributed by atoms with van der Waals surface area (Å²) in [4.78, 5) is 27.9. The van der Waals surface area contributed by atoms with Crippen LogP contribution >= 0.6 is 0 Å². The molecule has 5 rings (SSSR count). The van der Waals surface area contributed by atoms with Crippen molar-refractivity contribution in [3.05, 3.63) is 64.2 Å². The number of rotatable bonds is 7. The number of likely N-dealkylation sites (tertiary alicyclic amines) is 1. The summed E-state index contributed by atoms with van der Waals surface area (Å²) >= 11 is 0. The molecule has 2 saturated heterocycles. The molecule has 0 bridgehead atoms. The van der Waals surface area contributed by atoms with Gasteiger partial charge in [-0.1, -0.05) is 30.7 Å². The van der Waals surface area contributed by atoms with Crippen LogP contribution in [-0.4, -0.2) is 61.7 Å². The highest BCUT2D eigenvalue weighted by Gasteiger charge is 2.41. The van der Waals surface area contributed by atoms with Crippen molar-refractivity contribution in [2.45, 2.75) is 81.6 Å². The van der Waals surface area contributed by atoms with Gasteiger partial charge in [0.15, 0.2) is 0 Å². The summed E-state index contributed by atoms with van der Waals surface area (Å²) in [5.74, 6) is -1.15. The number of nitrogens with zero attached hydrogens (tertiary/aromatic N) is 2. The van der Waals surface area contributed by atoms with Crippen molar-refractivity contribution in [3.63, 3.8) is 0 Å². The standard InChI is InChI=1S/C30H37F3N4O4S/c1-20-8-10-23(17-25(20)30(31,32)33)42(40,41)37-15-12-34-29(39)27(37)18-28(38)35-26-7-5-6-22-16-21(9-11-24(22)26)19-36-13-3-2-4-14-36/h8-11,16-17,26-27H,2-7,12-15,18-19H2,1H3,(H,34,39)(H,35,38)/t26-,27?/m1/s1. The third-order valence-corrected chi connectivity index (χ3v) is 10.4. The van der Waals surface area contributed by atoms with Crippen molar-refractivity contribution in [1.82, 2.24) is 19.8 Å². The number of nitrogens with one attached hydrogen (secondary N) is 2. The number of alkyl halides is 3. The highest BCUT2D eigenvalue weighted by atomic mass is 32.2. The fourth-order valence-electron chi connectivity index (χ4n) is 6.30. The monoisotopic (exact) mass is 606 g/mol. The number of benzene rings is 2. The predicted octanol–water partition coefficient (Wildman–Crippen LogP) is 4.07. The second kappa shape index (κ2) is 12.3. The molecule has 2 aromatic carbocycles. The SMILES string of the molecule is Cc1ccc(S(=O)(=O)N2CCNC(=O)C2CC(=O)N[C@@H]2CCCc3cc(CN4CCCCC4)ccc32)cc1C(F)(F)F. The molecule has 2 N–H and O–H groups in total. The lowest BCUT2D eigenvalue weighted by Gasteiger charge is -2.34. The summed E-state index contributed by atoms with van der Waals surface area (Å²) in [7, 11) is -4.50. The molecule has 8 nitrogen and oxygen atoms in total. The topological polar surface area (TPSA) is 98.8 Å². The lowest BCUT2D eigenvalue weighted by atomic mass is 9.86. The number of piperazine rings is 1. The highest BCUT2D eigenvalue weighted by Crippen LogP contribution is 2.35. The molecule has 2 aromatic rings. The van der Waals surface area contributed by atoms with Gasteiger partial charge in [0, 0.05) is 19.6 Å². The lowest BCUT2D eigenvalue weighted by molar-refractivity contribution is -0.138. The number of sulfonamides is 1. The van der Waals surface area contributed by atoms with Gasteiger partial charge in [-0.05, 0) is 86.5 Å². The smallest absolute Gasteiger partial charge is 0.353 e. The largest absolute Gasteiger partial charge is 0.416 e. The molecule has 2 fully saturated rings. The summed E-state index contributed by atoms with van der Waals surface area (Å²) in [6.07, 6.45) is 1.03. The van der Waals surface area contributed by atoms with E-state index in [1.165, 1.54) is 37.3 Å². The first-order chi connectivity index (χ1) is 19.9. The van der Waals surface area contributed by atoms with Crippen molar-refractivity contribution in [3.8, 4) is 0 Å². The molecule has 2 atom stereocenters. The van der Waals surface area contributed by atoms with Crippen LogP contribution < -0.4 is 10.6 Å². The second-order valence-corrected chi connectivity index (χ2v) is 13.4. The fourth-order valence-corrected chi connectivity index (χ4v) is 7.91. The Morgan fingerprint density at radius 1 is 1.05 bits per heavy atom. The molecule has 1 unspecified atom stereocenters. The molecule has 0 saturated carbocycles. The first kappa shape index (κ1) is 30.5. The van der Waals surface area contributed by atoms with E-state index in [2.05, 4.69) is 33.7 Å². The normalized spacial score (nSPS) is 22.3. The van der Waals surface area contributed by atoms with E-state index in [0.29, 0.717) is 12.5 Å². The van der Waals surface area contributed by atoms with Gasteiger partial charge in [0.25, 0.3) is 0 Å². The van der Waals surface area contributed by atoms with E-state index in [1.54, 1.807) is 0 Å². The molecule has 0 aromatic heterocycles. The molecule has 2 heterocycles. The molecule has 42 heavy (non-hydrogen) atoms. The first-order valence-corrected chi connectivity index (χ1v) is 16.0. The van der Waals surface area contributed by atoms with Crippen LogP contribution in [0.2, 0.25) is 0 Å². The zero-order valence-electron chi connectivity index (χ0n) is 23.7. The number of amides is 2. The third kappa shape index (κ3) is 6.65. The Hall–Kier alpha value is -2.96. The molecular weight excluding hydrogens is 569 g/mol. The van der Waals surface area contributed by atoms with Crippen molar-refractivity contribution in [1.29, 1.82) is 0 Å². The Morgan fingerprint density at radius 3 is 2.55 bits per heavy atom. The van der Waals surface area contributed by atoms with Crippen molar-refractivity contribution in [2.75, 3.05) is 26.2 Å². The zero-order chi connectivity index (χ0) is 30.1. The number of carbonyl (C=O) groups excluding carboxylic acids is 2. The van der Waals surface area contributed by atoms with Gasteiger partial charge in [-0.3, -0.25) is 14.5 Å². The Balaban J connectivity index is 1.30.